The lowest BCUT2D eigenvalue weighted by atomic mass is 9.73. The molecule has 4 rings (SSSR count). The lowest BCUT2D eigenvalue weighted by Crippen LogP contribution is -2.53. The van der Waals surface area contributed by atoms with Crippen LogP contribution in [0.15, 0.2) is 30.6 Å². The van der Waals surface area contributed by atoms with Gasteiger partial charge in [-0.1, -0.05) is 0 Å². The number of amides is 1. The molecule has 1 amide bonds. The summed E-state index contributed by atoms with van der Waals surface area (Å²) in [6.45, 7) is 6.57. The van der Waals surface area contributed by atoms with Gasteiger partial charge in [0.2, 0.25) is 5.91 Å². The number of rotatable bonds is 4. The van der Waals surface area contributed by atoms with E-state index in [1.807, 2.05) is 34.7 Å². The minimum atomic E-state index is 0.180. The summed E-state index contributed by atoms with van der Waals surface area (Å²) in [7, 11) is 1.96. The molecule has 29 heavy (non-hydrogen) atoms. The fourth-order valence-corrected chi connectivity index (χ4v) is 5.00. The molecule has 2 fully saturated rings. The van der Waals surface area contributed by atoms with Gasteiger partial charge in [0.25, 0.3) is 0 Å². The van der Waals surface area contributed by atoms with Crippen molar-refractivity contribution < 1.29 is 4.79 Å². The molecule has 0 saturated carbocycles. The van der Waals surface area contributed by atoms with Crippen LogP contribution >= 0.6 is 0 Å². The highest BCUT2D eigenvalue weighted by molar-refractivity contribution is 5.77. The number of aromatic nitrogens is 2. The van der Waals surface area contributed by atoms with Crippen molar-refractivity contribution in [3.8, 4) is 6.07 Å². The van der Waals surface area contributed by atoms with Crippen molar-refractivity contribution >= 4 is 5.91 Å². The van der Waals surface area contributed by atoms with Crippen LogP contribution in [0.5, 0.6) is 0 Å². The van der Waals surface area contributed by atoms with E-state index in [1.165, 1.54) is 17.7 Å². The first kappa shape index (κ1) is 19.7. The predicted octanol–water partition coefficient (Wildman–Crippen LogP) is 3.01. The molecule has 0 N–H and O–H groups in total. The molecule has 2 aliphatic heterocycles. The SMILES string of the molecule is Cc1c(CN2CCCC3(CCC(=O)N(Cc4ccncc4)C3)C2)cc(C#N)n1C. The van der Waals surface area contributed by atoms with Crippen molar-refractivity contribution in [1.29, 1.82) is 5.26 Å². The third-order valence-electron chi connectivity index (χ3n) is 6.76. The van der Waals surface area contributed by atoms with Crippen molar-refractivity contribution in [2.75, 3.05) is 19.6 Å². The first-order valence-electron chi connectivity index (χ1n) is 10.4. The molecule has 2 aliphatic rings. The van der Waals surface area contributed by atoms with E-state index < -0.39 is 0 Å². The third kappa shape index (κ3) is 4.06. The smallest absolute Gasteiger partial charge is 0.222 e. The molecule has 2 aromatic heterocycles. The molecule has 2 aromatic rings. The molecular weight excluding hydrogens is 362 g/mol. The highest BCUT2D eigenvalue weighted by Crippen LogP contribution is 2.39. The van der Waals surface area contributed by atoms with E-state index >= 15 is 0 Å². The van der Waals surface area contributed by atoms with Gasteiger partial charge in [-0.05, 0) is 62.1 Å². The molecule has 6 nitrogen and oxygen atoms in total. The van der Waals surface area contributed by atoms with E-state index in [2.05, 4.69) is 22.9 Å². The molecular formula is C23H29N5O. The second-order valence-electron chi connectivity index (χ2n) is 8.73. The molecule has 152 valence electrons. The van der Waals surface area contributed by atoms with Gasteiger partial charge in [0.1, 0.15) is 11.8 Å². The van der Waals surface area contributed by atoms with Crippen LogP contribution in [0, 0.1) is 23.7 Å². The predicted molar refractivity (Wildman–Crippen MR) is 111 cm³/mol. The second kappa shape index (κ2) is 8.00. The Labute approximate surface area is 172 Å². The summed E-state index contributed by atoms with van der Waals surface area (Å²) in [5.74, 6) is 0.266. The van der Waals surface area contributed by atoms with Gasteiger partial charge in [-0.3, -0.25) is 14.7 Å². The van der Waals surface area contributed by atoms with Crippen LogP contribution in [0.25, 0.3) is 0 Å². The van der Waals surface area contributed by atoms with Crippen molar-refractivity contribution in [2.24, 2.45) is 12.5 Å². The van der Waals surface area contributed by atoms with Crippen LogP contribution in [0.3, 0.4) is 0 Å². The summed E-state index contributed by atoms with van der Waals surface area (Å²) in [5.41, 5.74) is 4.44. The molecule has 6 heteroatoms. The van der Waals surface area contributed by atoms with Crippen LogP contribution in [-0.2, 0) is 24.9 Å². The number of hydrogen-bond acceptors (Lipinski definition) is 4. The monoisotopic (exact) mass is 391 g/mol. The Kier molecular flexibility index (Phi) is 5.42. The third-order valence-corrected chi connectivity index (χ3v) is 6.76. The fraction of sp³-hybridized carbons (Fsp3) is 0.522. The number of nitriles is 1. The lowest BCUT2D eigenvalue weighted by molar-refractivity contribution is -0.140. The summed E-state index contributed by atoms with van der Waals surface area (Å²) in [6.07, 6.45) is 7.54. The summed E-state index contributed by atoms with van der Waals surface area (Å²) < 4.78 is 1.98. The Morgan fingerprint density at radius 2 is 2.00 bits per heavy atom. The van der Waals surface area contributed by atoms with Gasteiger partial charge in [-0.15, -0.1) is 0 Å². The summed E-state index contributed by atoms with van der Waals surface area (Å²) in [6, 6.07) is 8.29. The number of carbonyl (C=O) groups is 1. The Hall–Kier alpha value is -2.65. The number of likely N-dealkylation sites (tertiary alicyclic amines) is 2. The molecule has 1 unspecified atom stereocenters. The number of piperidine rings is 2. The molecule has 1 atom stereocenters. The van der Waals surface area contributed by atoms with E-state index in [9.17, 15) is 10.1 Å². The van der Waals surface area contributed by atoms with Gasteiger partial charge in [0.15, 0.2) is 0 Å². The summed E-state index contributed by atoms with van der Waals surface area (Å²) in [4.78, 5) is 21.2. The Balaban J connectivity index is 1.46. The average molecular weight is 392 g/mol. The molecule has 0 bridgehead atoms. The van der Waals surface area contributed by atoms with Crippen molar-refractivity contribution in [3.63, 3.8) is 0 Å². The van der Waals surface area contributed by atoms with Crippen molar-refractivity contribution in [1.82, 2.24) is 19.4 Å². The van der Waals surface area contributed by atoms with Gasteiger partial charge in [0, 0.05) is 63.2 Å². The highest BCUT2D eigenvalue weighted by Gasteiger charge is 2.41. The van der Waals surface area contributed by atoms with Crippen LogP contribution < -0.4 is 0 Å². The molecule has 0 aliphatic carbocycles. The van der Waals surface area contributed by atoms with E-state index in [1.54, 1.807) is 12.4 Å². The maximum Gasteiger partial charge on any atom is 0.222 e. The first-order chi connectivity index (χ1) is 14.0. The number of pyridine rings is 1. The summed E-state index contributed by atoms with van der Waals surface area (Å²) in [5, 5.41) is 9.31. The maximum absolute atomic E-state index is 12.6. The zero-order valence-electron chi connectivity index (χ0n) is 17.4. The van der Waals surface area contributed by atoms with Gasteiger partial charge in [-0.25, -0.2) is 0 Å². The van der Waals surface area contributed by atoms with E-state index in [0.717, 1.165) is 50.3 Å². The van der Waals surface area contributed by atoms with Crippen LogP contribution in [0.2, 0.25) is 0 Å². The molecule has 0 aromatic carbocycles. The van der Waals surface area contributed by atoms with E-state index in [0.29, 0.717) is 13.0 Å². The Morgan fingerprint density at radius 3 is 2.72 bits per heavy atom. The Bertz CT molecular complexity index is 929. The minimum Gasteiger partial charge on any atom is -0.340 e. The average Bonchev–Trinajstić information content (AvgIpc) is 3.00. The number of carbonyl (C=O) groups excluding carboxylic acids is 1. The fourth-order valence-electron chi connectivity index (χ4n) is 5.00. The lowest BCUT2D eigenvalue weighted by Gasteiger charge is -2.48. The van der Waals surface area contributed by atoms with Gasteiger partial charge < -0.3 is 9.47 Å². The molecule has 1 spiro atoms. The van der Waals surface area contributed by atoms with E-state index in [-0.39, 0.29) is 11.3 Å². The largest absolute Gasteiger partial charge is 0.340 e. The second-order valence-corrected chi connectivity index (χ2v) is 8.73. The normalized spacial score (nSPS) is 22.8. The van der Waals surface area contributed by atoms with Crippen molar-refractivity contribution in [3.05, 3.63) is 53.1 Å². The Morgan fingerprint density at radius 1 is 1.21 bits per heavy atom. The number of nitrogens with zero attached hydrogens (tertiary/aromatic N) is 5. The van der Waals surface area contributed by atoms with Crippen molar-refractivity contribution in [2.45, 2.75) is 45.7 Å². The topological polar surface area (TPSA) is 65.2 Å². The van der Waals surface area contributed by atoms with Crippen LogP contribution in [0.4, 0.5) is 0 Å². The molecule has 0 radical (unpaired) electrons. The molecule has 2 saturated heterocycles. The zero-order valence-corrected chi connectivity index (χ0v) is 17.4. The first-order valence-corrected chi connectivity index (χ1v) is 10.4. The maximum atomic E-state index is 12.6. The van der Waals surface area contributed by atoms with Gasteiger partial charge in [-0.2, -0.15) is 5.26 Å². The van der Waals surface area contributed by atoms with Crippen LogP contribution in [0.1, 0.15) is 48.2 Å². The summed E-state index contributed by atoms with van der Waals surface area (Å²) >= 11 is 0. The standard InChI is InChI=1S/C23H29N5O/c1-18-20(12-21(13-24)26(18)2)15-27-11-3-7-23(16-27)8-4-22(29)28(17-23)14-19-5-9-25-10-6-19/h5-6,9-10,12H,3-4,7-8,11,14-17H2,1-2H3. The quantitative estimate of drug-likeness (QED) is 0.804. The highest BCUT2D eigenvalue weighted by atomic mass is 16.2. The molecule has 4 heterocycles. The van der Waals surface area contributed by atoms with Gasteiger partial charge in [0.05, 0.1) is 0 Å². The minimum absolute atomic E-state index is 0.180. The van der Waals surface area contributed by atoms with Crippen LogP contribution in [-0.4, -0.2) is 44.9 Å². The number of hydrogen-bond donors (Lipinski definition) is 0. The zero-order chi connectivity index (χ0) is 20.4. The van der Waals surface area contributed by atoms with E-state index in [4.69, 9.17) is 0 Å². The van der Waals surface area contributed by atoms with Gasteiger partial charge >= 0.3 is 0 Å².